The van der Waals surface area contributed by atoms with Crippen molar-refractivity contribution in [3.8, 4) is 0 Å². The maximum Gasteiger partial charge on any atom is 0.410 e. The lowest BCUT2D eigenvalue weighted by atomic mass is 10.0. The Labute approximate surface area is 117 Å². The van der Waals surface area contributed by atoms with Crippen LogP contribution in [0.15, 0.2) is 0 Å². The van der Waals surface area contributed by atoms with Gasteiger partial charge >= 0.3 is 12.1 Å². The maximum absolute atomic E-state index is 13.8. The third kappa shape index (κ3) is 4.86. The monoisotopic (exact) mass is 295 g/mol. The molecule has 5 nitrogen and oxygen atoms in total. The minimum Gasteiger partial charge on any atom is -0.447 e. The van der Waals surface area contributed by atoms with Crippen molar-refractivity contribution in [3.63, 3.8) is 0 Å². The summed E-state index contributed by atoms with van der Waals surface area (Å²) in [7, 11) is 0. The van der Waals surface area contributed by atoms with E-state index in [1.807, 2.05) is 0 Å². The summed E-state index contributed by atoms with van der Waals surface area (Å²) in [5, 5.41) is 0. The first-order valence-electron chi connectivity index (χ1n) is 6.09. The van der Waals surface area contributed by atoms with Crippen LogP contribution in [-0.4, -0.2) is 47.9 Å². The van der Waals surface area contributed by atoms with Crippen LogP contribution < -0.4 is 0 Å². The normalized spacial score (nSPS) is 21.1. The average Bonchev–Trinajstić information content (AvgIpc) is 2.75. The van der Waals surface area contributed by atoms with Crippen molar-refractivity contribution in [2.45, 2.75) is 39.0 Å². The number of likely N-dealkylation sites (tertiary alicyclic amines) is 1. The molecule has 1 saturated heterocycles. The van der Waals surface area contributed by atoms with Gasteiger partial charge in [-0.1, -0.05) is 11.6 Å². The predicted molar refractivity (Wildman–Crippen MR) is 67.6 cm³/mol. The molecule has 0 N–H and O–H groups in total. The molecular formula is C12H19ClFNO4. The van der Waals surface area contributed by atoms with Crippen molar-refractivity contribution in [2.75, 3.05) is 19.2 Å². The smallest absolute Gasteiger partial charge is 0.410 e. The van der Waals surface area contributed by atoms with E-state index in [0.717, 1.165) is 0 Å². The fourth-order valence-corrected chi connectivity index (χ4v) is 1.95. The molecule has 0 aromatic heterocycles. The molecule has 0 aromatic rings. The number of ether oxygens (including phenoxy) is 2. The van der Waals surface area contributed by atoms with Gasteiger partial charge in [-0.15, -0.1) is 0 Å². The number of carbonyl (C=O) groups excluding carboxylic acids is 2. The Morgan fingerprint density at radius 3 is 2.63 bits per heavy atom. The molecule has 0 bridgehead atoms. The van der Waals surface area contributed by atoms with Crippen LogP contribution in [0.1, 0.15) is 27.2 Å². The average molecular weight is 296 g/mol. The molecule has 0 aliphatic carbocycles. The number of esters is 1. The molecule has 19 heavy (non-hydrogen) atoms. The van der Waals surface area contributed by atoms with Crippen molar-refractivity contribution in [1.82, 2.24) is 4.90 Å². The zero-order chi connectivity index (χ0) is 14.6. The van der Waals surface area contributed by atoms with E-state index in [-0.39, 0.29) is 12.6 Å². The Morgan fingerprint density at radius 1 is 1.47 bits per heavy atom. The Kier molecular flexibility index (Phi) is 5.40. The van der Waals surface area contributed by atoms with Crippen LogP contribution in [0.3, 0.4) is 0 Å². The van der Waals surface area contributed by atoms with Gasteiger partial charge in [0.05, 0.1) is 0 Å². The van der Waals surface area contributed by atoms with Gasteiger partial charge in [-0.05, 0) is 27.2 Å². The summed E-state index contributed by atoms with van der Waals surface area (Å²) in [6.45, 7) is 5.79. The predicted octanol–water partition coefficient (Wildman–Crippen LogP) is 2.32. The van der Waals surface area contributed by atoms with Gasteiger partial charge in [0.15, 0.2) is 6.07 Å². The molecule has 1 aliphatic rings. The van der Waals surface area contributed by atoms with Gasteiger partial charge in [-0.3, -0.25) is 0 Å². The molecule has 1 fully saturated rings. The van der Waals surface area contributed by atoms with Gasteiger partial charge in [0, 0.05) is 19.0 Å². The Hall–Kier alpha value is -1.04. The highest BCUT2D eigenvalue weighted by atomic mass is 35.5. The number of amides is 1. The molecule has 1 rings (SSSR count). The van der Waals surface area contributed by atoms with Crippen molar-refractivity contribution < 1.29 is 23.5 Å². The largest absolute Gasteiger partial charge is 0.447 e. The lowest BCUT2D eigenvalue weighted by molar-refractivity contribution is -0.149. The SMILES string of the molecule is CC(C)(C)OC(=O)N1CCC(C(F)C(=O)OCCl)C1. The highest BCUT2D eigenvalue weighted by Gasteiger charge is 2.38. The van der Waals surface area contributed by atoms with Gasteiger partial charge in [-0.2, -0.15) is 0 Å². The lowest BCUT2D eigenvalue weighted by Gasteiger charge is -2.24. The summed E-state index contributed by atoms with van der Waals surface area (Å²) in [5.74, 6) is -1.55. The van der Waals surface area contributed by atoms with E-state index in [2.05, 4.69) is 4.74 Å². The van der Waals surface area contributed by atoms with Gasteiger partial charge < -0.3 is 14.4 Å². The van der Waals surface area contributed by atoms with E-state index in [0.29, 0.717) is 13.0 Å². The molecule has 2 atom stereocenters. The molecule has 1 amide bonds. The first-order valence-corrected chi connectivity index (χ1v) is 6.62. The van der Waals surface area contributed by atoms with Crippen LogP contribution >= 0.6 is 11.6 Å². The quantitative estimate of drug-likeness (QED) is 0.592. The van der Waals surface area contributed by atoms with E-state index in [4.69, 9.17) is 16.3 Å². The Bertz CT molecular complexity index is 345. The lowest BCUT2D eigenvalue weighted by Crippen LogP contribution is -2.37. The maximum atomic E-state index is 13.8. The summed E-state index contributed by atoms with van der Waals surface area (Å²) >= 11 is 5.20. The number of hydrogen-bond donors (Lipinski definition) is 0. The molecule has 0 saturated carbocycles. The second kappa shape index (κ2) is 6.41. The zero-order valence-corrected chi connectivity index (χ0v) is 12.1. The summed E-state index contributed by atoms with van der Waals surface area (Å²) in [6, 6.07) is -0.373. The molecule has 110 valence electrons. The number of halogens is 2. The number of hydrogen-bond acceptors (Lipinski definition) is 4. The van der Waals surface area contributed by atoms with Crippen LogP contribution in [0.4, 0.5) is 9.18 Å². The summed E-state index contributed by atoms with van der Waals surface area (Å²) < 4.78 is 23.3. The van der Waals surface area contributed by atoms with Crippen molar-refractivity contribution >= 4 is 23.7 Å². The molecule has 1 aliphatic heterocycles. The van der Waals surface area contributed by atoms with E-state index in [9.17, 15) is 14.0 Å². The van der Waals surface area contributed by atoms with Gasteiger partial charge in [0.25, 0.3) is 0 Å². The van der Waals surface area contributed by atoms with E-state index < -0.39 is 29.8 Å². The second-order valence-electron chi connectivity index (χ2n) is 5.45. The van der Waals surface area contributed by atoms with Crippen molar-refractivity contribution in [2.24, 2.45) is 5.92 Å². The molecule has 1 heterocycles. The Morgan fingerprint density at radius 2 is 2.11 bits per heavy atom. The minimum absolute atomic E-state index is 0.146. The Balaban J connectivity index is 2.49. The number of alkyl halides is 2. The summed E-state index contributed by atoms with van der Waals surface area (Å²) in [6.07, 6.45) is -1.85. The summed E-state index contributed by atoms with van der Waals surface area (Å²) in [4.78, 5) is 24.4. The van der Waals surface area contributed by atoms with E-state index >= 15 is 0 Å². The number of carbonyl (C=O) groups is 2. The van der Waals surface area contributed by atoms with Gasteiger partial charge in [0.1, 0.15) is 5.60 Å². The van der Waals surface area contributed by atoms with Crippen molar-refractivity contribution in [1.29, 1.82) is 0 Å². The highest BCUT2D eigenvalue weighted by Crippen LogP contribution is 2.24. The van der Waals surface area contributed by atoms with Crippen LogP contribution in [-0.2, 0) is 14.3 Å². The third-order valence-electron chi connectivity index (χ3n) is 2.71. The summed E-state index contributed by atoms with van der Waals surface area (Å²) in [5.41, 5.74) is -0.595. The first-order chi connectivity index (χ1) is 8.74. The second-order valence-corrected chi connectivity index (χ2v) is 5.67. The first kappa shape index (κ1) is 16.0. The third-order valence-corrected chi connectivity index (χ3v) is 2.82. The molecular weight excluding hydrogens is 277 g/mol. The van der Waals surface area contributed by atoms with Gasteiger partial charge in [0.2, 0.25) is 6.17 Å². The molecule has 0 radical (unpaired) electrons. The highest BCUT2D eigenvalue weighted by molar-refractivity contribution is 6.17. The number of rotatable bonds is 3. The van der Waals surface area contributed by atoms with Gasteiger partial charge in [-0.25, -0.2) is 14.0 Å². The fraction of sp³-hybridized carbons (Fsp3) is 0.833. The zero-order valence-electron chi connectivity index (χ0n) is 11.3. The van der Waals surface area contributed by atoms with Crippen LogP contribution in [0.25, 0.3) is 0 Å². The van der Waals surface area contributed by atoms with Crippen LogP contribution in [0, 0.1) is 5.92 Å². The minimum atomic E-state index is -1.76. The van der Waals surface area contributed by atoms with Crippen molar-refractivity contribution in [3.05, 3.63) is 0 Å². The number of nitrogens with zero attached hydrogens (tertiary/aromatic N) is 1. The topological polar surface area (TPSA) is 55.8 Å². The molecule has 0 aromatic carbocycles. The van der Waals surface area contributed by atoms with E-state index in [1.165, 1.54) is 4.90 Å². The molecule has 7 heteroatoms. The standard InChI is InChI=1S/C12H19ClFNO4/c1-12(2,3)19-11(17)15-5-4-8(6-15)9(14)10(16)18-7-13/h8-9H,4-7H2,1-3H3. The fourth-order valence-electron chi connectivity index (χ4n) is 1.84. The molecule has 2 unspecified atom stereocenters. The molecule has 0 spiro atoms. The van der Waals surface area contributed by atoms with Crippen LogP contribution in [0.5, 0.6) is 0 Å². The van der Waals surface area contributed by atoms with E-state index in [1.54, 1.807) is 20.8 Å². The van der Waals surface area contributed by atoms with Crippen LogP contribution in [0.2, 0.25) is 0 Å².